The minimum absolute atomic E-state index is 0.0872. The number of carbonyl (C=O) groups is 2. The summed E-state index contributed by atoms with van der Waals surface area (Å²) in [5.74, 6) is 0.215. The number of amides is 2. The zero-order valence-electron chi connectivity index (χ0n) is 13.8. The van der Waals surface area contributed by atoms with E-state index in [9.17, 15) is 9.59 Å². The largest absolute Gasteiger partial charge is 0.368 e. The fourth-order valence-electron chi connectivity index (χ4n) is 3.33. The Morgan fingerprint density at radius 3 is 2.57 bits per heavy atom. The Bertz CT molecular complexity index is 579. The Balaban J connectivity index is 1.52. The minimum Gasteiger partial charge on any atom is -0.368 e. The molecule has 0 N–H and O–H groups in total. The third-order valence-electron chi connectivity index (χ3n) is 4.75. The molecule has 2 amide bonds. The predicted molar refractivity (Wildman–Crippen MR) is 90.4 cm³/mol. The second-order valence-corrected chi connectivity index (χ2v) is 6.48. The number of anilines is 1. The molecule has 1 aromatic rings. The molecule has 0 bridgehead atoms. The van der Waals surface area contributed by atoms with E-state index in [1.54, 1.807) is 4.90 Å². The van der Waals surface area contributed by atoms with Crippen molar-refractivity contribution in [1.82, 2.24) is 9.80 Å². The molecule has 0 aromatic heterocycles. The van der Waals surface area contributed by atoms with Crippen LogP contribution in [0.2, 0.25) is 0 Å². The van der Waals surface area contributed by atoms with Crippen LogP contribution in [0, 0.1) is 6.92 Å². The molecule has 2 heterocycles. The van der Waals surface area contributed by atoms with Gasteiger partial charge in [-0.05, 0) is 37.5 Å². The van der Waals surface area contributed by atoms with Gasteiger partial charge in [-0.2, -0.15) is 0 Å². The highest BCUT2D eigenvalue weighted by Gasteiger charge is 2.25. The molecule has 2 aliphatic rings. The average Bonchev–Trinajstić information content (AvgIpc) is 2.57. The lowest BCUT2D eigenvalue weighted by molar-refractivity contribution is -0.142. The van der Waals surface area contributed by atoms with E-state index in [0.717, 1.165) is 45.6 Å². The Labute approximate surface area is 137 Å². The third kappa shape index (κ3) is 3.84. The van der Waals surface area contributed by atoms with Crippen LogP contribution in [0.3, 0.4) is 0 Å². The van der Waals surface area contributed by atoms with Gasteiger partial charge in [0.2, 0.25) is 11.8 Å². The topological polar surface area (TPSA) is 43.9 Å². The number of hydrogen-bond donors (Lipinski definition) is 0. The zero-order valence-corrected chi connectivity index (χ0v) is 13.8. The van der Waals surface area contributed by atoms with E-state index >= 15 is 0 Å². The molecule has 2 aliphatic heterocycles. The molecule has 0 radical (unpaired) electrons. The van der Waals surface area contributed by atoms with Crippen LogP contribution in [-0.4, -0.2) is 60.9 Å². The van der Waals surface area contributed by atoms with Gasteiger partial charge < -0.3 is 14.7 Å². The van der Waals surface area contributed by atoms with Crippen LogP contribution in [0.25, 0.3) is 0 Å². The summed E-state index contributed by atoms with van der Waals surface area (Å²) in [5.41, 5.74) is 2.48. The molecule has 124 valence electrons. The number of piperidine rings is 1. The Morgan fingerprint density at radius 2 is 1.87 bits per heavy atom. The van der Waals surface area contributed by atoms with E-state index in [2.05, 4.69) is 36.1 Å². The van der Waals surface area contributed by atoms with E-state index in [1.807, 2.05) is 4.90 Å². The summed E-state index contributed by atoms with van der Waals surface area (Å²) in [6, 6.07) is 8.48. The van der Waals surface area contributed by atoms with Gasteiger partial charge in [0.1, 0.15) is 0 Å². The van der Waals surface area contributed by atoms with Gasteiger partial charge in [-0.1, -0.05) is 12.1 Å². The molecule has 5 heteroatoms. The van der Waals surface area contributed by atoms with Gasteiger partial charge in [-0.15, -0.1) is 0 Å². The monoisotopic (exact) mass is 315 g/mol. The average molecular weight is 315 g/mol. The first-order chi connectivity index (χ1) is 11.1. The number of likely N-dealkylation sites (tertiary alicyclic amines) is 1. The van der Waals surface area contributed by atoms with Gasteiger partial charge in [0.15, 0.2) is 0 Å². The van der Waals surface area contributed by atoms with Gasteiger partial charge in [-0.25, -0.2) is 0 Å². The first-order valence-electron chi connectivity index (χ1n) is 8.50. The Morgan fingerprint density at radius 1 is 1.09 bits per heavy atom. The number of carbonyl (C=O) groups excluding carboxylic acids is 2. The number of nitrogens with zero attached hydrogens (tertiary/aromatic N) is 3. The quantitative estimate of drug-likeness (QED) is 0.852. The molecule has 0 spiro atoms. The molecule has 0 aliphatic carbocycles. The summed E-state index contributed by atoms with van der Waals surface area (Å²) in [6.07, 6.45) is 2.56. The lowest BCUT2D eigenvalue weighted by Gasteiger charge is -2.37. The SMILES string of the molecule is Cc1cccc(N2CCN(C(=O)CN3CCCCC3=O)CC2)c1. The first-order valence-corrected chi connectivity index (χ1v) is 8.50. The minimum atomic E-state index is 0.0872. The van der Waals surface area contributed by atoms with E-state index in [4.69, 9.17) is 0 Å². The second-order valence-electron chi connectivity index (χ2n) is 6.48. The maximum Gasteiger partial charge on any atom is 0.242 e. The molecule has 2 fully saturated rings. The lowest BCUT2D eigenvalue weighted by Crippen LogP contribution is -2.52. The van der Waals surface area contributed by atoms with Crippen molar-refractivity contribution < 1.29 is 9.59 Å². The van der Waals surface area contributed by atoms with Crippen LogP contribution in [0.1, 0.15) is 24.8 Å². The number of hydrogen-bond acceptors (Lipinski definition) is 3. The summed E-state index contributed by atoms with van der Waals surface area (Å²) in [6.45, 7) is 6.24. The summed E-state index contributed by atoms with van der Waals surface area (Å²) < 4.78 is 0. The standard InChI is InChI=1S/C18H25N3O2/c1-15-5-4-6-16(13-15)19-9-11-20(12-10-19)18(23)14-21-8-3-2-7-17(21)22/h4-6,13H,2-3,7-12,14H2,1H3. The molecular weight excluding hydrogens is 290 g/mol. The predicted octanol–water partition coefficient (Wildman–Crippen LogP) is 1.66. The van der Waals surface area contributed by atoms with Crippen molar-refractivity contribution in [2.75, 3.05) is 44.2 Å². The summed E-state index contributed by atoms with van der Waals surface area (Å²) in [4.78, 5) is 30.2. The van der Waals surface area contributed by atoms with Gasteiger partial charge in [0, 0.05) is 44.8 Å². The maximum absolute atomic E-state index is 12.4. The van der Waals surface area contributed by atoms with Crippen molar-refractivity contribution in [1.29, 1.82) is 0 Å². The molecule has 0 atom stereocenters. The number of piperazine rings is 1. The van der Waals surface area contributed by atoms with Crippen LogP contribution in [0.5, 0.6) is 0 Å². The summed E-state index contributed by atoms with van der Waals surface area (Å²) in [7, 11) is 0. The number of aryl methyl sites for hydroxylation is 1. The van der Waals surface area contributed by atoms with Crippen molar-refractivity contribution in [3.05, 3.63) is 29.8 Å². The Kier molecular flexibility index (Phi) is 4.84. The van der Waals surface area contributed by atoms with Gasteiger partial charge in [0.05, 0.1) is 6.54 Å². The molecule has 1 aromatic carbocycles. The molecule has 3 rings (SSSR count). The van der Waals surface area contributed by atoms with Crippen molar-refractivity contribution >= 4 is 17.5 Å². The smallest absolute Gasteiger partial charge is 0.242 e. The normalized spacial score (nSPS) is 19.2. The van der Waals surface area contributed by atoms with Crippen LogP contribution >= 0.6 is 0 Å². The van der Waals surface area contributed by atoms with E-state index in [-0.39, 0.29) is 18.4 Å². The van der Waals surface area contributed by atoms with Crippen LogP contribution in [0.4, 0.5) is 5.69 Å². The fraction of sp³-hybridized carbons (Fsp3) is 0.556. The molecule has 0 unspecified atom stereocenters. The summed E-state index contributed by atoms with van der Waals surface area (Å²) in [5, 5.41) is 0. The highest BCUT2D eigenvalue weighted by atomic mass is 16.2. The second kappa shape index (κ2) is 7.02. The van der Waals surface area contributed by atoms with Gasteiger partial charge >= 0.3 is 0 Å². The van der Waals surface area contributed by atoms with Crippen molar-refractivity contribution in [3.63, 3.8) is 0 Å². The van der Waals surface area contributed by atoms with Crippen LogP contribution in [0.15, 0.2) is 24.3 Å². The molecule has 2 saturated heterocycles. The van der Waals surface area contributed by atoms with Gasteiger partial charge in [-0.3, -0.25) is 9.59 Å². The van der Waals surface area contributed by atoms with E-state index < -0.39 is 0 Å². The van der Waals surface area contributed by atoms with Crippen molar-refractivity contribution in [2.45, 2.75) is 26.2 Å². The molecule has 5 nitrogen and oxygen atoms in total. The number of benzene rings is 1. The summed E-state index contributed by atoms with van der Waals surface area (Å²) >= 11 is 0. The highest BCUT2D eigenvalue weighted by molar-refractivity contribution is 5.85. The fourth-order valence-corrected chi connectivity index (χ4v) is 3.33. The van der Waals surface area contributed by atoms with Crippen LogP contribution in [-0.2, 0) is 9.59 Å². The van der Waals surface area contributed by atoms with Crippen molar-refractivity contribution in [3.8, 4) is 0 Å². The van der Waals surface area contributed by atoms with E-state index in [0.29, 0.717) is 6.42 Å². The number of rotatable bonds is 3. The zero-order chi connectivity index (χ0) is 16.2. The molecule has 23 heavy (non-hydrogen) atoms. The third-order valence-corrected chi connectivity index (χ3v) is 4.75. The van der Waals surface area contributed by atoms with Crippen LogP contribution < -0.4 is 4.90 Å². The lowest BCUT2D eigenvalue weighted by atomic mass is 10.1. The Hall–Kier alpha value is -2.04. The van der Waals surface area contributed by atoms with Crippen molar-refractivity contribution in [2.24, 2.45) is 0 Å². The molecular formula is C18H25N3O2. The van der Waals surface area contributed by atoms with Gasteiger partial charge in [0.25, 0.3) is 0 Å². The van der Waals surface area contributed by atoms with E-state index in [1.165, 1.54) is 11.3 Å². The maximum atomic E-state index is 12.4. The first kappa shape index (κ1) is 15.8. The highest BCUT2D eigenvalue weighted by Crippen LogP contribution is 2.18. The molecule has 0 saturated carbocycles.